The molecule has 7 nitrogen and oxygen atoms in total. The van der Waals surface area contributed by atoms with Crippen LogP contribution in [-0.2, 0) is 6.42 Å². The van der Waals surface area contributed by atoms with Crippen molar-refractivity contribution in [1.29, 1.82) is 0 Å². The third-order valence-electron chi connectivity index (χ3n) is 5.12. The highest BCUT2D eigenvalue weighted by atomic mass is 16.1. The molecule has 2 aromatic carbocycles. The van der Waals surface area contributed by atoms with E-state index in [2.05, 4.69) is 56.7 Å². The number of hydrogen-bond donors (Lipinski definition) is 2. The van der Waals surface area contributed by atoms with Crippen molar-refractivity contribution in [2.75, 3.05) is 11.9 Å². The molecule has 0 amide bonds. The Morgan fingerprint density at radius 3 is 2.73 bits per heavy atom. The van der Waals surface area contributed by atoms with Crippen LogP contribution in [0.1, 0.15) is 11.1 Å². The maximum atomic E-state index is 13.2. The van der Waals surface area contributed by atoms with Crippen LogP contribution in [0.2, 0.25) is 0 Å². The summed E-state index contributed by atoms with van der Waals surface area (Å²) in [5.41, 5.74) is 4.26. The van der Waals surface area contributed by atoms with Crippen LogP contribution in [0.5, 0.6) is 0 Å². The Morgan fingerprint density at radius 2 is 1.90 bits per heavy atom. The molecule has 0 aliphatic heterocycles. The van der Waals surface area contributed by atoms with Gasteiger partial charge in [0.2, 0.25) is 5.95 Å². The molecule has 30 heavy (non-hydrogen) atoms. The second-order valence-corrected chi connectivity index (χ2v) is 7.23. The van der Waals surface area contributed by atoms with E-state index in [0.717, 1.165) is 17.5 Å². The van der Waals surface area contributed by atoms with Gasteiger partial charge >= 0.3 is 0 Å². The van der Waals surface area contributed by atoms with E-state index < -0.39 is 0 Å². The molecule has 0 aliphatic carbocycles. The number of hydrogen-bond acceptors (Lipinski definition) is 5. The maximum absolute atomic E-state index is 13.2. The molecular weight excluding hydrogens is 376 g/mol. The molecule has 0 atom stereocenters. The smallest absolute Gasteiger partial charge is 0.267 e. The van der Waals surface area contributed by atoms with E-state index in [4.69, 9.17) is 0 Å². The predicted octanol–water partition coefficient (Wildman–Crippen LogP) is 3.62. The zero-order chi connectivity index (χ0) is 20.5. The van der Waals surface area contributed by atoms with Gasteiger partial charge in [-0.3, -0.25) is 14.5 Å². The Hall–Kier alpha value is -4.00. The molecule has 3 aromatic heterocycles. The summed E-state index contributed by atoms with van der Waals surface area (Å²) in [5.74, 6) is 0.484. The van der Waals surface area contributed by atoms with Gasteiger partial charge in [0.15, 0.2) is 5.65 Å². The van der Waals surface area contributed by atoms with Crippen molar-refractivity contribution in [2.24, 2.45) is 0 Å². The average Bonchev–Trinajstić information content (AvgIpc) is 3.25. The molecule has 0 saturated carbocycles. The normalized spacial score (nSPS) is 11.2. The Morgan fingerprint density at radius 1 is 1.03 bits per heavy atom. The number of benzene rings is 2. The number of nitrogens with one attached hydrogen (secondary N) is 2. The molecule has 0 bridgehead atoms. The van der Waals surface area contributed by atoms with Crippen LogP contribution < -0.4 is 10.9 Å². The monoisotopic (exact) mass is 396 g/mol. The van der Waals surface area contributed by atoms with Crippen LogP contribution in [0.15, 0.2) is 71.8 Å². The maximum Gasteiger partial charge on any atom is 0.267 e. The van der Waals surface area contributed by atoms with E-state index in [0.29, 0.717) is 29.0 Å². The molecule has 0 radical (unpaired) electrons. The Balaban J connectivity index is 1.56. The highest BCUT2D eigenvalue weighted by Gasteiger charge is 2.16. The topological polar surface area (TPSA) is 88.5 Å². The zero-order valence-corrected chi connectivity index (χ0v) is 16.5. The molecule has 148 valence electrons. The summed E-state index contributed by atoms with van der Waals surface area (Å²) >= 11 is 0. The van der Waals surface area contributed by atoms with E-state index in [1.165, 1.54) is 11.1 Å². The number of aryl methyl sites for hydroxylation is 1. The largest absolute Gasteiger partial charge is 0.354 e. The minimum absolute atomic E-state index is 0.165. The number of pyridine rings is 1. The number of para-hydroxylation sites is 1. The number of H-pyrrole nitrogens is 1. The first-order valence-electron chi connectivity index (χ1n) is 9.80. The van der Waals surface area contributed by atoms with Crippen molar-refractivity contribution in [3.8, 4) is 5.69 Å². The molecule has 5 rings (SSSR count). The minimum atomic E-state index is -0.165. The minimum Gasteiger partial charge on any atom is -0.354 e. The molecule has 0 spiro atoms. The van der Waals surface area contributed by atoms with Gasteiger partial charge in [-0.2, -0.15) is 10.1 Å². The molecular formula is C23H20N6O. The summed E-state index contributed by atoms with van der Waals surface area (Å²) in [7, 11) is 0. The molecule has 0 saturated heterocycles. The van der Waals surface area contributed by atoms with Gasteiger partial charge in [0, 0.05) is 12.7 Å². The van der Waals surface area contributed by atoms with Gasteiger partial charge < -0.3 is 5.32 Å². The fourth-order valence-electron chi connectivity index (χ4n) is 3.68. The molecule has 0 fully saturated rings. The Bertz CT molecular complexity index is 1400. The fourth-order valence-corrected chi connectivity index (χ4v) is 3.68. The van der Waals surface area contributed by atoms with E-state index in [1.54, 1.807) is 17.0 Å². The quantitative estimate of drug-likeness (QED) is 0.474. The lowest BCUT2D eigenvalue weighted by Gasteiger charge is -2.12. The number of rotatable bonds is 5. The van der Waals surface area contributed by atoms with Crippen LogP contribution >= 0.6 is 0 Å². The summed E-state index contributed by atoms with van der Waals surface area (Å²) in [4.78, 5) is 22.3. The standard InChI is InChI=1S/C23H20N6O/c1-15-6-5-7-16(12-15)10-11-24-23-25-13-18-20-19(14-26-28-20)22(30)29(21(18)27-23)17-8-3-2-4-9-17/h2-9,12-14H,10-11H2,1H3,(H,26,28)(H,24,25,27). The van der Waals surface area contributed by atoms with Crippen LogP contribution in [0, 0.1) is 6.92 Å². The molecule has 0 aliphatic rings. The summed E-state index contributed by atoms with van der Waals surface area (Å²) < 4.78 is 1.61. The number of nitrogens with zero attached hydrogens (tertiary/aromatic N) is 4. The Labute approximate surface area is 172 Å². The average molecular weight is 396 g/mol. The van der Waals surface area contributed by atoms with Crippen LogP contribution in [-0.4, -0.2) is 31.3 Å². The molecule has 7 heteroatoms. The highest BCUT2D eigenvalue weighted by Crippen LogP contribution is 2.22. The molecule has 2 N–H and O–H groups in total. The molecule has 0 unspecified atom stereocenters. The molecule has 3 heterocycles. The van der Waals surface area contributed by atoms with E-state index in [1.807, 2.05) is 30.3 Å². The van der Waals surface area contributed by atoms with Crippen molar-refractivity contribution < 1.29 is 0 Å². The van der Waals surface area contributed by atoms with Gasteiger partial charge in [0.25, 0.3) is 5.56 Å². The van der Waals surface area contributed by atoms with Crippen molar-refractivity contribution in [3.05, 3.63) is 88.5 Å². The first-order valence-corrected chi connectivity index (χ1v) is 9.80. The lowest BCUT2D eigenvalue weighted by molar-refractivity contribution is 0.972. The first-order chi connectivity index (χ1) is 14.7. The third kappa shape index (κ3) is 3.20. The van der Waals surface area contributed by atoms with Gasteiger partial charge in [-0.15, -0.1) is 0 Å². The number of aromatic nitrogens is 5. The first kappa shape index (κ1) is 18.1. The van der Waals surface area contributed by atoms with Gasteiger partial charge in [-0.05, 0) is 31.0 Å². The van der Waals surface area contributed by atoms with Gasteiger partial charge in [0.1, 0.15) is 0 Å². The Kier molecular flexibility index (Phi) is 4.48. The van der Waals surface area contributed by atoms with Crippen molar-refractivity contribution in [3.63, 3.8) is 0 Å². The van der Waals surface area contributed by atoms with Crippen molar-refractivity contribution in [1.82, 2.24) is 24.7 Å². The van der Waals surface area contributed by atoms with E-state index in [-0.39, 0.29) is 5.56 Å². The molecule has 5 aromatic rings. The van der Waals surface area contributed by atoms with Gasteiger partial charge in [-0.1, -0.05) is 48.0 Å². The number of aromatic amines is 1. The van der Waals surface area contributed by atoms with E-state index >= 15 is 0 Å². The van der Waals surface area contributed by atoms with E-state index in [9.17, 15) is 4.79 Å². The van der Waals surface area contributed by atoms with Gasteiger partial charge in [-0.25, -0.2) is 4.98 Å². The summed E-state index contributed by atoms with van der Waals surface area (Å²) in [6, 6.07) is 17.9. The van der Waals surface area contributed by atoms with Crippen LogP contribution in [0.3, 0.4) is 0 Å². The fraction of sp³-hybridized carbons (Fsp3) is 0.130. The van der Waals surface area contributed by atoms with Gasteiger partial charge in [0.05, 0.1) is 28.2 Å². The van der Waals surface area contributed by atoms with Crippen LogP contribution in [0.4, 0.5) is 5.95 Å². The lowest BCUT2D eigenvalue weighted by Crippen LogP contribution is -2.20. The zero-order valence-electron chi connectivity index (χ0n) is 16.5. The number of anilines is 1. The highest BCUT2D eigenvalue weighted by molar-refractivity contribution is 6.02. The number of fused-ring (bicyclic) bond motifs is 3. The summed E-state index contributed by atoms with van der Waals surface area (Å²) in [5, 5.41) is 11.5. The van der Waals surface area contributed by atoms with Crippen LogP contribution in [0.25, 0.3) is 27.6 Å². The summed E-state index contributed by atoms with van der Waals surface area (Å²) in [6.07, 6.45) is 4.13. The SMILES string of the molecule is Cc1cccc(CCNc2ncc3c4[nH]ncc4c(=O)n(-c4ccccc4)c3n2)c1. The van der Waals surface area contributed by atoms with Crippen molar-refractivity contribution in [2.45, 2.75) is 13.3 Å². The van der Waals surface area contributed by atoms with Crippen molar-refractivity contribution >= 4 is 27.9 Å². The summed E-state index contributed by atoms with van der Waals surface area (Å²) in [6.45, 7) is 2.78. The lowest BCUT2D eigenvalue weighted by atomic mass is 10.1. The predicted molar refractivity (Wildman–Crippen MR) is 118 cm³/mol. The third-order valence-corrected chi connectivity index (χ3v) is 5.12. The second kappa shape index (κ2) is 7.44. The second-order valence-electron chi connectivity index (χ2n) is 7.23.